The standard InChI is InChI=1S/C24H18Cl2N2O5/c25-15-6-7-17(26)18(10-15)27-19(29)11-33-24(32)14-2-1-3-16(9-14)28-22(30)20-12-4-5-13(8-12)21(20)23(28)31/h1-7,9-10,12-13,20-21H,8,11H2,(H,27,29)/t12-,13-,20+,21+/m0/s1. The number of nitrogens with zero attached hydrogens (tertiary/aromatic N) is 1. The molecule has 1 saturated carbocycles. The molecule has 1 saturated heterocycles. The quantitative estimate of drug-likeness (QED) is 0.391. The van der Waals surface area contributed by atoms with Crippen molar-refractivity contribution in [3.05, 3.63) is 70.2 Å². The van der Waals surface area contributed by atoms with E-state index in [4.69, 9.17) is 27.9 Å². The Morgan fingerprint density at radius 2 is 1.70 bits per heavy atom. The predicted octanol–water partition coefficient (Wildman–Crippen LogP) is 4.10. The highest BCUT2D eigenvalue weighted by Gasteiger charge is 2.59. The van der Waals surface area contributed by atoms with Gasteiger partial charge in [0.2, 0.25) is 11.8 Å². The molecule has 0 aromatic heterocycles. The Hall–Kier alpha value is -3.16. The summed E-state index contributed by atoms with van der Waals surface area (Å²) in [6, 6.07) is 10.7. The molecule has 9 heteroatoms. The van der Waals surface area contributed by atoms with E-state index in [1.54, 1.807) is 18.2 Å². The van der Waals surface area contributed by atoms with E-state index in [2.05, 4.69) is 5.32 Å². The van der Waals surface area contributed by atoms with Crippen molar-refractivity contribution in [2.45, 2.75) is 6.42 Å². The first-order chi connectivity index (χ1) is 15.8. The molecule has 0 radical (unpaired) electrons. The zero-order chi connectivity index (χ0) is 23.3. The first-order valence-corrected chi connectivity index (χ1v) is 11.2. The van der Waals surface area contributed by atoms with Gasteiger partial charge in [-0.3, -0.25) is 14.4 Å². The summed E-state index contributed by atoms with van der Waals surface area (Å²) in [7, 11) is 0. The number of carbonyl (C=O) groups is 4. The van der Waals surface area contributed by atoms with Crippen molar-refractivity contribution in [1.29, 1.82) is 0 Å². The Bertz CT molecular complexity index is 1200. The third-order valence-electron chi connectivity index (χ3n) is 6.35. The normalized spacial score (nSPS) is 24.8. The number of rotatable bonds is 5. The second kappa shape index (κ2) is 8.32. The second-order valence-corrected chi connectivity index (χ2v) is 9.15. The van der Waals surface area contributed by atoms with Gasteiger partial charge in [0.05, 0.1) is 33.8 Å². The highest BCUT2D eigenvalue weighted by Crippen LogP contribution is 2.53. The largest absolute Gasteiger partial charge is 0.452 e. The van der Waals surface area contributed by atoms with Gasteiger partial charge >= 0.3 is 5.97 Å². The number of allylic oxidation sites excluding steroid dienone is 2. The van der Waals surface area contributed by atoms with Crippen LogP contribution in [0.3, 0.4) is 0 Å². The SMILES string of the molecule is O=C(COC(=O)c1cccc(N2C(=O)[C@H]3[C@H](C2=O)[C@H]2C=C[C@H]3C2)c1)Nc1cc(Cl)ccc1Cl. The van der Waals surface area contributed by atoms with E-state index in [9.17, 15) is 19.2 Å². The van der Waals surface area contributed by atoms with Crippen LogP contribution < -0.4 is 10.2 Å². The van der Waals surface area contributed by atoms with Gasteiger partial charge in [0.1, 0.15) is 0 Å². The Morgan fingerprint density at radius 3 is 2.39 bits per heavy atom. The number of halogens is 2. The third kappa shape index (κ3) is 3.81. The van der Waals surface area contributed by atoms with E-state index in [-0.39, 0.29) is 41.0 Å². The Balaban J connectivity index is 1.25. The van der Waals surface area contributed by atoms with Crippen LogP contribution in [0.15, 0.2) is 54.6 Å². The summed E-state index contributed by atoms with van der Waals surface area (Å²) in [5, 5.41) is 3.21. The number of benzene rings is 2. The number of amides is 3. The first-order valence-electron chi connectivity index (χ1n) is 10.4. The first kappa shape index (κ1) is 21.7. The fourth-order valence-electron chi connectivity index (χ4n) is 4.92. The molecular weight excluding hydrogens is 467 g/mol. The lowest BCUT2D eigenvalue weighted by atomic mass is 9.85. The monoisotopic (exact) mass is 484 g/mol. The molecule has 3 amide bonds. The summed E-state index contributed by atoms with van der Waals surface area (Å²) >= 11 is 11.9. The van der Waals surface area contributed by atoms with Gasteiger partial charge < -0.3 is 10.1 Å². The molecule has 2 fully saturated rings. The smallest absolute Gasteiger partial charge is 0.338 e. The maximum atomic E-state index is 13.0. The summed E-state index contributed by atoms with van der Waals surface area (Å²) in [6.07, 6.45) is 4.89. The number of esters is 1. The van der Waals surface area contributed by atoms with Crippen LogP contribution in [-0.2, 0) is 19.1 Å². The van der Waals surface area contributed by atoms with Crippen LogP contribution >= 0.6 is 23.2 Å². The van der Waals surface area contributed by atoms with Crippen LogP contribution in [0.1, 0.15) is 16.8 Å². The average Bonchev–Trinajstić information content (AvgIpc) is 3.48. The second-order valence-electron chi connectivity index (χ2n) is 8.31. The van der Waals surface area contributed by atoms with Crippen molar-refractivity contribution >= 4 is 58.3 Å². The minimum atomic E-state index is -0.759. The molecule has 2 aliphatic carbocycles. The zero-order valence-electron chi connectivity index (χ0n) is 17.2. The average molecular weight is 485 g/mol. The lowest BCUT2D eigenvalue weighted by molar-refractivity contribution is -0.123. The van der Waals surface area contributed by atoms with Crippen molar-refractivity contribution in [3.63, 3.8) is 0 Å². The Labute approximate surface area is 199 Å². The van der Waals surface area contributed by atoms with Gasteiger partial charge in [-0.1, -0.05) is 41.4 Å². The van der Waals surface area contributed by atoms with Crippen LogP contribution in [0.5, 0.6) is 0 Å². The van der Waals surface area contributed by atoms with Gasteiger partial charge in [-0.15, -0.1) is 0 Å². The molecular formula is C24H18Cl2N2O5. The van der Waals surface area contributed by atoms with Gasteiger partial charge in [0.25, 0.3) is 5.91 Å². The van der Waals surface area contributed by atoms with Gasteiger partial charge in [0, 0.05) is 5.02 Å². The molecule has 168 valence electrons. The van der Waals surface area contributed by atoms with Gasteiger partial charge in [0.15, 0.2) is 6.61 Å². The summed E-state index contributed by atoms with van der Waals surface area (Å²) < 4.78 is 5.10. The van der Waals surface area contributed by atoms with E-state index in [0.717, 1.165) is 6.42 Å². The number of ether oxygens (including phenoxy) is 1. The zero-order valence-corrected chi connectivity index (χ0v) is 18.7. The molecule has 0 spiro atoms. The molecule has 1 N–H and O–H groups in total. The molecule has 0 unspecified atom stereocenters. The molecule has 3 aliphatic rings. The topological polar surface area (TPSA) is 92.8 Å². The Kier molecular flexibility index (Phi) is 5.46. The summed E-state index contributed by atoms with van der Waals surface area (Å²) in [5.41, 5.74) is 0.746. The van der Waals surface area contributed by atoms with Crippen molar-refractivity contribution in [2.75, 3.05) is 16.8 Å². The summed E-state index contributed by atoms with van der Waals surface area (Å²) in [4.78, 5) is 51.8. The van der Waals surface area contributed by atoms with Crippen molar-refractivity contribution < 1.29 is 23.9 Å². The van der Waals surface area contributed by atoms with E-state index in [1.807, 2.05) is 12.2 Å². The lowest BCUT2D eigenvalue weighted by Crippen LogP contribution is -2.33. The number of carbonyl (C=O) groups excluding carboxylic acids is 4. The predicted molar refractivity (Wildman–Crippen MR) is 122 cm³/mol. The summed E-state index contributed by atoms with van der Waals surface area (Å²) in [6.45, 7) is -0.549. The van der Waals surface area contributed by atoms with E-state index >= 15 is 0 Å². The fourth-order valence-corrected chi connectivity index (χ4v) is 5.26. The van der Waals surface area contributed by atoms with Crippen molar-refractivity contribution in [1.82, 2.24) is 0 Å². The number of hydrogen-bond acceptors (Lipinski definition) is 5. The molecule has 33 heavy (non-hydrogen) atoms. The number of imide groups is 1. The highest BCUT2D eigenvalue weighted by molar-refractivity contribution is 6.35. The van der Waals surface area contributed by atoms with Crippen molar-refractivity contribution in [3.8, 4) is 0 Å². The molecule has 2 bridgehead atoms. The maximum Gasteiger partial charge on any atom is 0.338 e. The van der Waals surface area contributed by atoms with Crippen molar-refractivity contribution in [2.24, 2.45) is 23.7 Å². The minimum absolute atomic E-state index is 0.0982. The molecule has 7 nitrogen and oxygen atoms in total. The van der Waals surface area contributed by atoms with Crippen LogP contribution in [0, 0.1) is 23.7 Å². The minimum Gasteiger partial charge on any atom is -0.452 e. The van der Waals surface area contributed by atoms with Gasteiger partial charge in [-0.2, -0.15) is 0 Å². The highest BCUT2D eigenvalue weighted by atomic mass is 35.5. The number of anilines is 2. The van der Waals surface area contributed by atoms with E-state index in [0.29, 0.717) is 21.4 Å². The van der Waals surface area contributed by atoms with Crippen LogP contribution in [0.4, 0.5) is 11.4 Å². The molecule has 2 aromatic carbocycles. The molecule has 5 rings (SSSR count). The van der Waals surface area contributed by atoms with Crippen LogP contribution in [0.25, 0.3) is 0 Å². The van der Waals surface area contributed by atoms with Gasteiger partial charge in [-0.05, 0) is 54.7 Å². The van der Waals surface area contributed by atoms with Crippen LogP contribution in [0.2, 0.25) is 10.0 Å². The third-order valence-corrected chi connectivity index (χ3v) is 6.91. The number of fused-ring (bicyclic) bond motifs is 5. The van der Waals surface area contributed by atoms with Crippen LogP contribution in [-0.4, -0.2) is 30.3 Å². The Morgan fingerprint density at radius 1 is 1.00 bits per heavy atom. The number of nitrogens with one attached hydrogen (secondary N) is 1. The van der Waals surface area contributed by atoms with E-state index in [1.165, 1.54) is 29.2 Å². The maximum absolute atomic E-state index is 13.0. The number of hydrogen-bond donors (Lipinski definition) is 1. The fraction of sp³-hybridized carbons (Fsp3) is 0.250. The molecule has 1 heterocycles. The lowest BCUT2D eigenvalue weighted by Gasteiger charge is -2.18. The summed E-state index contributed by atoms with van der Waals surface area (Å²) in [5.74, 6) is -2.28. The molecule has 1 aliphatic heterocycles. The van der Waals surface area contributed by atoms with E-state index < -0.39 is 18.5 Å². The van der Waals surface area contributed by atoms with Gasteiger partial charge in [-0.25, -0.2) is 9.69 Å². The molecule has 2 aromatic rings. The molecule has 4 atom stereocenters.